The van der Waals surface area contributed by atoms with Gasteiger partial charge in [-0.05, 0) is 80.4 Å². The van der Waals surface area contributed by atoms with Crippen molar-refractivity contribution in [3.63, 3.8) is 0 Å². The Hall–Kier alpha value is -2.16. The van der Waals surface area contributed by atoms with Crippen LogP contribution < -0.4 is 4.74 Å². The molecule has 8 heteroatoms. The zero-order valence-corrected chi connectivity index (χ0v) is 20.9. The van der Waals surface area contributed by atoms with Gasteiger partial charge in [0, 0.05) is 0 Å². The molecule has 1 unspecified atom stereocenters. The van der Waals surface area contributed by atoms with Gasteiger partial charge in [-0.25, -0.2) is 4.79 Å². The molecule has 35 heavy (non-hydrogen) atoms. The van der Waals surface area contributed by atoms with Crippen LogP contribution in [0.2, 0.25) is 0 Å². The van der Waals surface area contributed by atoms with Crippen LogP contribution >= 0.6 is 0 Å². The summed E-state index contributed by atoms with van der Waals surface area (Å²) in [4.78, 5) is 22.7. The molecule has 1 fully saturated rings. The maximum atomic E-state index is 12.2. The van der Waals surface area contributed by atoms with E-state index in [4.69, 9.17) is 19.3 Å². The Kier molecular flexibility index (Phi) is 10.4. The third kappa shape index (κ3) is 7.92. The van der Waals surface area contributed by atoms with E-state index in [1.807, 2.05) is 12.1 Å². The molecule has 2 aliphatic rings. The molecule has 3 rings (SSSR count). The van der Waals surface area contributed by atoms with Crippen molar-refractivity contribution in [2.75, 3.05) is 19.8 Å². The third-order valence-corrected chi connectivity index (χ3v) is 7.29. The van der Waals surface area contributed by atoms with Crippen LogP contribution in [0.1, 0.15) is 63.5 Å². The van der Waals surface area contributed by atoms with Gasteiger partial charge in [0.25, 0.3) is 0 Å². The number of ether oxygens (including phenoxy) is 3. The summed E-state index contributed by atoms with van der Waals surface area (Å²) >= 11 is 0. The van der Waals surface area contributed by atoms with E-state index in [1.165, 1.54) is 5.56 Å². The number of rotatable bonds is 14. The van der Waals surface area contributed by atoms with Crippen molar-refractivity contribution >= 4 is 11.9 Å². The first-order chi connectivity index (χ1) is 16.8. The smallest absolute Gasteiger partial charge is 0.344 e. The first-order valence-corrected chi connectivity index (χ1v) is 12.9. The van der Waals surface area contributed by atoms with Crippen molar-refractivity contribution in [1.82, 2.24) is 0 Å². The maximum absolute atomic E-state index is 12.2. The second kappa shape index (κ2) is 13.2. The van der Waals surface area contributed by atoms with Gasteiger partial charge in [-0.1, -0.05) is 25.5 Å². The van der Waals surface area contributed by atoms with Gasteiger partial charge in [0.05, 0.1) is 31.8 Å². The molecule has 0 bridgehead atoms. The van der Waals surface area contributed by atoms with Crippen LogP contribution in [-0.2, 0) is 31.9 Å². The van der Waals surface area contributed by atoms with Gasteiger partial charge < -0.3 is 29.5 Å². The summed E-state index contributed by atoms with van der Waals surface area (Å²) in [5, 5.41) is 29.5. The second-order valence-corrected chi connectivity index (χ2v) is 10.0. The number of carboxylic acids is 1. The van der Waals surface area contributed by atoms with E-state index in [2.05, 4.69) is 13.0 Å². The Balaban J connectivity index is 1.52. The van der Waals surface area contributed by atoms with Crippen LogP contribution in [-0.4, -0.2) is 65.4 Å². The molecule has 0 aliphatic heterocycles. The van der Waals surface area contributed by atoms with Gasteiger partial charge in [-0.3, -0.25) is 4.79 Å². The highest BCUT2D eigenvalue weighted by Gasteiger charge is 2.44. The molecule has 1 aromatic rings. The number of benzene rings is 1. The first-order valence-electron chi connectivity index (χ1n) is 12.9. The van der Waals surface area contributed by atoms with Gasteiger partial charge in [0.1, 0.15) is 11.9 Å². The molecule has 196 valence electrons. The highest BCUT2D eigenvalue weighted by Crippen LogP contribution is 2.48. The minimum absolute atomic E-state index is 0.0703. The first kappa shape index (κ1) is 27.4. The van der Waals surface area contributed by atoms with Crippen molar-refractivity contribution in [3.8, 4) is 5.75 Å². The van der Waals surface area contributed by atoms with Gasteiger partial charge in [0.15, 0.2) is 6.61 Å². The Morgan fingerprint density at radius 3 is 2.74 bits per heavy atom. The summed E-state index contributed by atoms with van der Waals surface area (Å²) in [6.45, 7) is 3.74. The molecular formula is C27H40O8. The Labute approximate surface area is 207 Å². The van der Waals surface area contributed by atoms with Crippen LogP contribution in [0.25, 0.3) is 0 Å². The molecule has 0 amide bonds. The third-order valence-electron chi connectivity index (χ3n) is 7.29. The molecule has 3 N–H and O–H groups in total. The largest absolute Gasteiger partial charge is 0.482 e. The fourth-order valence-corrected chi connectivity index (χ4v) is 5.64. The lowest BCUT2D eigenvalue weighted by atomic mass is 9.73. The highest BCUT2D eigenvalue weighted by molar-refractivity contribution is 5.71. The molecule has 1 saturated carbocycles. The molecule has 0 aromatic heterocycles. The normalized spacial score (nSPS) is 24.8. The van der Waals surface area contributed by atoms with Crippen molar-refractivity contribution in [1.29, 1.82) is 0 Å². The lowest BCUT2D eigenvalue weighted by Crippen LogP contribution is -2.28. The molecule has 0 saturated heterocycles. The standard InChI is InChI=1S/C27H40O8/c1-3-5-20(28)8-9-21-22-12-18-6-4-7-25(23(18)13-19(22)14-24(21)29)34-16-27(32)35-17(2)15-33-11-10-26(30)31/h4,6-7,17,19-22,24,28-29H,3,5,8-16H2,1-2H3,(H,30,31)/t17?,19-,20-,21+,22-,24+/m0/s1. The zero-order valence-electron chi connectivity index (χ0n) is 20.9. The molecule has 0 spiro atoms. The van der Waals surface area contributed by atoms with E-state index in [9.17, 15) is 19.8 Å². The number of fused-ring (bicyclic) bond motifs is 2. The van der Waals surface area contributed by atoms with Crippen LogP contribution in [0, 0.1) is 17.8 Å². The van der Waals surface area contributed by atoms with Gasteiger partial charge in [-0.2, -0.15) is 0 Å². The average molecular weight is 493 g/mol. The average Bonchev–Trinajstić information content (AvgIpc) is 3.11. The predicted octanol–water partition coefficient (Wildman–Crippen LogP) is 3.14. The number of carboxylic acid groups (broad SMARTS) is 1. The fraction of sp³-hybridized carbons (Fsp3) is 0.704. The summed E-state index contributed by atoms with van der Waals surface area (Å²) in [5.74, 6) is 0.207. The SMILES string of the molecule is CCC[C@H](O)CC[C@@H]1[C@H]2Cc3cccc(OCC(=O)OC(C)COCCC(=O)O)c3C[C@H]2C[C@H]1O. The summed E-state index contributed by atoms with van der Waals surface area (Å²) in [5.41, 5.74) is 2.30. The lowest BCUT2D eigenvalue weighted by Gasteiger charge is -2.32. The molecule has 6 atom stereocenters. The number of aliphatic carboxylic acids is 1. The van der Waals surface area contributed by atoms with Crippen LogP contribution in [0.5, 0.6) is 5.75 Å². The van der Waals surface area contributed by atoms with Gasteiger partial charge >= 0.3 is 11.9 Å². The maximum Gasteiger partial charge on any atom is 0.344 e. The topological polar surface area (TPSA) is 123 Å². The van der Waals surface area contributed by atoms with E-state index in [-0.39, 0.29) is 44.4 Å². The van der Waals surface area contributed by atoms with Crippen molar-refractivity contribution in [2.45, 2.75) is 83.5 Å². The van der Waals surface area contributed by atoms with Crippen LogP contribution in [0.3, 0.4) is 0 Å². The second-order valence-electron chi connectivity index (χ2n) is 10.0. The Morgan fingerprint density at radius 2 is 2.00 bits per heavy atom. The highest BCUT2D eigenvalue weighted by atomic mass is 16.6. The number of hydrogen-bond acceptors (Lipinski definition) is 7. The Morgan fingerprint density at radius 1 is 1.20 bits per heavy atom. The molecular weight excluding hydrogens is 452 g/mol. The summed E-state index contributed by atoms with van der Waals surface area (Å²) in [6, 6.07) is 5.90. The van der Waals surface area contributed by atoms with Crippen LogP contribution in [0.4, 0.5) is 0 Å². The summed E-state index contributed by atoms with van der Waals surface area (Å²) in [7, 11) is 0. The number of aliphatic hydroxyl groups is 2. The van der Waals surface area contributed by atoms with E-state index >= 15 is 0 Å². The number of carbonyl (C=O) groups excluding carboxylic acids is 1. The number of aliphatic hydroxyl groups excluding tert-OH is 2. The molecule has 0 radical (unpaired) electrons. The van der Waals surface area contributed by atoms with E-state index in [0.29, 0.717) is 17.6 Å². The minimum atomic E-state index is -0.936. The predicted molar refractivity (Wildman–Crippen MR) is 129 cm³/mol. The van der Waals surface area contributed by atoms with Crippen LogP contribution in [0.15, 0.2) is 18.2 Å². The van der Waals surface area contributed by atoms with Crippen molar-refractivity contribution in [3.05, 3.63) is 29.3 Å². The van der Waals surface area contributed by atoms with Crippen molar-refractivity contribution < 1.29 is 39.1 Å². The summed E-state index contributed by atoms with van der Waals surface area (Å²) in [6.07, 6.45) is 4.56. The molecule has 2 aliphatic carbocycles. The fourth-order valence-electron chi connectivity index (χ4n) is 5.64. The zero-order chi connectivity index (χ0) is 25.4. The minimum Gasteiger partial charge on any atom is -0.482 e. The van der Waals surface area contributed by atoms with Gasteiger partial charge in [-0.15, -0.1) is 0 Å². The number of esters is 1. The molecule has 0 heterocycles. The number of hydrogen-bond donors (Lipinski definition) is 3. The molecule has 8 nitrogen and oxygen atoms in total. The van der Waals surface area contributed by atoms with Crippen molar-refractivity contribution in [2.24, 2.45) is 17.8 Å². The van der Waals surface area contributed by atoms with E-state index in [1.54, 1.807) is 6.92 Å². The molecule has 1 aromatic carbocycles. The quantitative estimate of drug-likeness (QED) is 0.267. The summed E-state index contributed by atoms with van der Waals surface area (Å²) < 4.78 is 16.3. The van der Waals surface area contributed by atoms with E-state index < -0.39 is 18.0 Å². The number of carbonyl (C=O) groups is 2. The van der Waals surface area contributed by atoms with Gasteiger partial charge in [0.2, 0.25) is 0 Å². The monoisotopic (exact) mass is 492 g/mol. The Bertz CT molecular complexity index is 840. The van der Waals surface area contributed by atoms with E-state index in [0.717, 1.165) is 50.5 Å². The lowest BCUT2D eigenvalue weighted by molar-refractivity contribution is -0.154.